The van der Waals surface area contributed by atoms with Crippen molar-refractivity contribution in [3.8, 4) is 0 Å². The Hall–Kier alpha value is -0.0800. The van der Waals surface area contributed by atoms with Gasteiger partial charge in [-0.3, -0.25) is 0 Å². The molecule has 0 bridgehead atoms. The van der Waals surface area contributed by atoms with Gasteiger partial charge in [-0.2, -0.15) is 0 Å². The molecule has 72 valence electrons. The van der Waals surface area contributed by atoms with E-state index in [-0.39, 0.29) is 0 Å². The number of hydrogen-bond donors (Lipinski definition) is 0. The van der Waals surface area contributed by atoms with Crippen LogP contribution >= 0.6 is 0 Å². The molecular weight excluding hydrogens is 150 g/mol. The van der Waals surface area contributed by atoms with Gasteiger partial charge in [0.1, 0.15) is 0 Å². The number of piperidine rings is 1. The summed E-state index contributed by atoms with van der Waals surface area (Å²) in [5, 5.41) is 0. The topological polar surface area (TPSA) is 12.5 Å². The van der Waals surface area contributed by atoms with Gasteiger partial charge in [-0.25, -0.2) is 0 Å². The summed E-state index contributed by atoms with van der Waals surface area (Å²) >= 11 is 0. The summed E-state index contributed by atoms with van der Waals surface area (Å²) in [4.78, 5) is 2.50. The van der Waals surface area contributed by atoms with E-state index in [1.165, 1.54) is 26.1 Å². The average molecular weight is 171 g/mol. The van der Waals surface area contributed by atoms with Gasteiger partial charge in [0.2, 0.25) is 0 Å². The van der Waals surface area contributed by atoms with Crippen LogP contribution in [0.15, 0.2) is 0 Å². The highest BCUT2D eigenvalue weighted by Gasteiger charge is 2.35. The summed E-state index contributed by atoms with van der Waals surface area (Å²) < 4.78 is 5.47. The van der Waals surface area contributed by atoms with Crippen molar-refractivity contribution < 1.29 is 4.74 Å². The predicted octanol–water partition coefficient (Wildman–Crippen LogP) is 1.75. The van der Waals surface area contributed by atoms with Gasteiger partial charge in [0.15, 0.2) is 0 Å². The van der Waals surface area contributed by atoms with Crippen LogP contribution in [0.4, 0.5) is 0 Å². The van der Waals surface area contributed by atoms with Gasteiger partial charge in [-0.05, 0) is 13.0 Å². The Morgan fingerprint density at radius 3 is 2.58 bits per heavy atom. The van der Waals surface area contributed by atoms with Crippen molar-refractivity contribution in [1.82, 2.24) is 4.90 Å². The van der Waals surface area contributed by atoms with Crippen LogP contribution in [-0.2, 0) is 4.74 Å². The van der Waals surface area contributed by atoms with Gasteiger partial charge in [0.05, 0.1) is 6.10 Å². The molecule has 0 aromatic carbocycles. The number of ether oxygens (including phenoxy) is 1. The fourth-order valence-corrected chi connectivity index (χ4v) is 2.15. The average Bonchev–Trinajstić information content (AvgIpc) is 2.02. The van der Waals surface area contributed by atoms with E-state index < -0.39 is 0 Å². The summed E-state index contributed by atoms with van der Waals surface area (Å²) in [5.74, 6) is 0. The fraction of sp³-hybridized carbons (Fsp3) is 1.00. The van der Waals surface area contributed by atoms with E-state index in [1.807, 2.05) is 7.11 Å². The standard InChI is InChI=1S/C10H21NO/c1-5-11-7-6-9(12-4)10(2,3)8-11/h9H,5-8H2,1-4H3. The molecule has 0 aliphatic carbocycles. The first kappa shape index (κ1) is 10.0. The molecule has 0 radical (unpaired) electrons. The largest absolute Gasteiger partial charge is 0.381 e. The molecule has 2 heteroatoms. The van der Waals surface area contributed by atoms with Crippen molar-refractivity contribution in [2.24, 2.45) is 5.41 Å². The van der Waals surface area contributed by atoms with E-state index >= 15 is 0 Å². The van der Waals surface area contributed by atoms with Gasteiger partial charge >= 0.3 is 0 Å². The lowest BCUT2D eigenvalue weighted by molar-refractivity contribution is -0.0499. The molecule has 1 atom stereocenters. The molecule has 0 amide bonds. The van der Waals surface area contributed by atoms with E-state index in [0.717, 1.165) is 0 Å². The van der Waals surface area contributed by atoms with E-state index in [4.69, 9.17) is 4.74 Å². The van der Waals surface area contributed by atoms with Crippen molar-refractivity contribution in [3.63, 3.8) is 0 Å². The molecule has 1 heterocycles. The van der Waals surface area contributed by atoms with Crippen molar-refractivity contribution in [2.45, 2.75) is 33.3 Å². The van der Waals surface area contributed by atoms with Gasteiger partial charge in [-0.1, -0.05) is 20.8 Å². The molecule has 0 saturated carbocycles. The number of rotatable bonds is 2. The smallest absolute Gasteiger partial charge is 0.0646 e. The second-order valence-electron chi connectivity index (χ2n) is 4.37. The van der Waals surface area contributed by atoms with Gasteiger partial charge < -0.3 is 9.64 Å². The lowest BCUT2D eigenvalue weighted by Crippen LogP contribution is -2.49. The highest BCUT2D eigenvalue weighted by atomic mass is 16.5. The third kappa shape index (κ3) is 1.99. The van der Waals surface area contributed by atoms with Crippen LogP contribution in [0, 0.1) is 5.41 Å². The molecule has 1 unspecified atom stereocenters. The van der Waals surface area contributed by atoms with Crippen LogP contribution < -0.4 is 0 Å². The molecule has 1 saturated heterocycles. The highest BCUT2D eigenvalue weighted by Crippen LogP contribution is 2.30. The zero-order valence-electron chi connectivity index (χ0n) is 8.76. The van der Waals surface area contributed by atoms with E-state index in [9.17, 15) is 0 Å². The number of methoxy groups -OCH3 is 1. The van der Waals surface area contributed by atoms with Crippen LogP contribution in [0.3, 0.4) is 0 Å². The summed E-state index contributed by atoms with van der Waals surface area (Å²) in [6.45, 7) is 10.3. The van der Waals surface area contributed by atoms with Crippen molar-refractivity contribution >= 4 is 0 Å². The monoisotopic (exact) mass is 171 g/mol. The molecular formula is C10H21NO. The Morgan fingerprint density at radius 2 is 2.17 bits per heavy atom. The maximum Gasteiger partial charge on any atom is 0.0646 e. The van der Waals surface area contributed by atoms with Crippen molar-refractivity contribution in [1.29, 1.82) is 0 Å². The lowest BCUT2D eigenvalue weighted by Gasteiger charge is -2.43. The quantitative estimate of drug-likeness (QED) is 0.627. The minimum Gasteiger partial charge on any atom is -0.381 e. The Kier molecular flexibility index (Phi) is 3.13. The molecule has 0 N–H and O–H groups in total. The molecule has 0 aromatic heterocycles. The van der Waals surface area contributed by atoms with E-state index in [2.05, 4.69) is 25.7 Å². The van der Waals surface area contributed by atoms with Crippen LogP contribution in [0.1, 0.15) is 27.2 Å². The number of likely N-dealkylation sites (tertiary alicyclic amines) is 1. The van der Waals surface area contributed by atoms with E-state index in [0.29, 0.717) is 11.5 Å². The molecule has 1 aliphatic rings. The molecule has 12 heavy (non-hydrogen) atoms. The van der Waals surface area contributed by atoms with Crippen molar-refractivity contribution in [3.05, 3.63) is 0 Å². The predicted molar refractivity (Wildman–Crippen MR) is 51.3 cm³/mol. The Balaban J connectivity index is 2.54. The first-order valence-electron chi connectivity index (χ1n) is 4.85. The maximum atomic E-state index is 5.47. The van der Waals surface area contributed by atoms with Crippen LogP contribution in [0.25, 0.3) is 0 Å². The summed E-state index contributed by atoms with van der Waals surface area (Å²) in [6.07, 6.45) is 1.62. The van der Waals surface area contributed by atoms with Crippen LogP contribution in [0.5, 0.6) is 0 Å². The van der Waals surface area contributed by atoms with Crippen LogP contribution in [-0.4, -0.2) is 37.7 Å². The summed E-state index contributed by atoms with van der Waals surface area (Å²) in [6, 6.07) is 0. The second kappa shape index (κ2) is 3.75. The fourth-order valence-electron chi connectivity index (χ4n) is 2.15. The highest BCUT2D eigenvalue weighted by molar-refractivity contribution is 4.87. The van der Waals surface area contributed by atoms with Gasteiger partial charge in [0, 0.05) is 25.6 Å². The van der Waals surface area contributed by atoms with E-state index in [1.54, 1.807) is 0 Å². The minimum atomic E-state index is 0.322. The number of nitrogens with zero attached hydrogens (tertiary/aromatic N) is 1. The SMILES string of the molecule is CCN1CCC(OC)C(C)(C)C1. The van der Waals surface area contributed by atoms with Gasteiger partial charge in [-0.15, -0.1) is 0 Å². The normalized spacial score (nSPS) is 30.5. The molecule has 1 aliphatic heterocycles. The lowest BCUT2D eigenvalue weighted by atomic mass is 9.81. The molecule has 0 spiro atoms. The second-order valence-corrected chi connectivity index (χ2v) is 4.37. The maximum absolute atomic E-state index is 5.47. The Morgan fingerprint density at radius 1 is 1.50 bits per heavy atom. The van der Waals surface area contributed by atoms with Crippen molar-refractivity contribution in [2.75, 3.05) is 26.7 Å². The molecule has 1 fully saturated rings. The zero-order chi connectivity index (χ0) is 9.19. The molecule has 0 aromatic rings. The summed E-state index contributed by atoms with van der Waals surface area (Å²) in [7, 11) is 1.83. The number of hydrogen-bond acceptors (Lipinski definition) is 2. The zero-order valence-corrected chi connectivity index (χ0v) is 8.76. The van der Waals surface area contributed by atoms with Gasteiger partial charge in [0.25, 0.3) is 0 Å². The van der Waals surface area contributed by atoms with Crippen LogP contribution in [0.2, 0.25) is 0 Å². The summed E-state index contributed by atoms with van der Waals surface area (Å²) in [5.41, 5.74) is 0.322. The third-order valence-electron chi connectivity index (χ3n) is 2.94. The third-order valence-corrected chi connectivity index (χ3v) is 2.94. The Bertz CT molecular complexity index is 145. The molecule has 1 rings (SSSR count). The first-order chi connectivity index (χ1) is 5.60. The minimum absolute atomic E-state index is 0.322. The first-order valence-corrected chi connectivity index (χ1v) is 4.85. The molecule has 2 nitrogen and oxygen atoms in total. The Labute approximate surface area is 75.9 Å².